The van der Waals surface area contributed by atoms with Gasteiger partial charge in [-0.2, -0.15) is 5.10 Å². The zero-order valence-corrected chi connectivity index (χ0v) is 12.9. The van der Waals surface area contributed by atoms with Gasteiger partial charge in [-0.05, 0) is 19.9 Å². The van der Waals surface area contributed by atoms with E-state index in [4.69, 9.17) is 27.9 Å². The zero-order valence-electron chi connectivity index (χ0n) is 10.6. The molecular weight excluding hydrogens is 307 g/mol. The number of hydrogen-bond donors (Lipinski definition) is 0. The van der Waals surface area contributed by atoms with E-state index in [1.807, 2.05) is 13.8 Å². The number of methoxy groups -OCH3 is 1. The molecule has 0 amide bonds. The summed E-state index contributed by atoms with van der Waals surface area (Å²) in [6.45, 7) is 3.87. The predicted molar refractivity (Wildman–Crippen MR) is 76.9 cm³/mol. The number of ether oxygens (including phenoxy) is 1. The van der Waals surface area contributed by atoms with Crippen LogP contribution in [-0.4, -0.2) is 22.7 Å². The smallest absolute Gasteiger partial charge is 0.217 e. The number of hydrogen-bond acceptors (Lipinski definition) is 4. The Morgan fingerprint density at radius 2 is 2.16 bits per heavy atom. The second kappa shape index (κ2) is 5.53. The van der Waals surface area contributed by atoms with Crippen molar-refractivity contribution in [2.24, 2.45) is 0 Å². The third kappa shape index (κ3) is 2.63. The molecule has 0 aromatic carbocycles. The number of rotatable bonds is 4. The molecule has 2 aromatic rings. The van der Waals surface area contributed by atoms with Crippen LogP contribution in [0.5, 0.6) is 5.75 Å². The summed E-state index contributed by atoms with van der Waals surface area (Å²) in [4.78, 5) is 12.6. The van der Waals surface area contributed by atoms with Gasteiger partial charge in [0.05, 0.1) is 23.2 Å². The van der Waals surface area contributed by atoms with E-state index in [9.17, 15) is 4.79 Å². The van der Waals surface area contributed by atoms with Crippen LogP contribution >= 0.6 is 34.5 Å². The molecule has 19 heavy (non-hydrogen) atoms. The van der Waals surface area contributed by atoms with Gasteiger partial charge in [-0.15, -0.1) is 11.3 Å². The monoisotopic (exact) mass is 318 g/mol. The van der Waals surface area contributed by atoms with E-state index in [1.54, 1.807) is 10.7 Å². The number of ketones is 1. The summed E-state index contributed by atoms with van der Waals surface area (Å²) in [5.41, 5.74) is 0.756. The molecule has 2 rings (SSSR count). The van der Waals surface area contributed by atoms with E-state index in [1.165, 1.54) is 13.3 Å². The fourth-order valence-corrected chi connectivity index (χ4v) is 3.18. The van der Waals surface area contributed by atoms with Crippen LogP contribution in [0, 0.1) is 0 Å². The highest BCUT2D eigenvalue weighted by molar-refractivity contribution is 7.20. The zero-order chi connectivity index (χ0) is 14.2. The van der Waals surface area contributed by atoms with Gasteiger partial charge in [-0.1, -0.05) is 23.2 Å². The number of thiophene rings is 1. The third-order valence-electron chi connectivity index (χ3n) is 2.59. The Hall–Kier alpha value is -1.04. The first kappa shape index (κ1) is 14.4. The van der Waals surface area contributed by atoms with Crippen molar-refractivity contribution in [3.8, 4) is 5.75 Å². The fraction of sp³-hybridized carbons (Fsp3) is 0.333. The Morgan fingerprint density at radius 3 is 2.63 bits per heavy atom. The van der Waals surface area contributed by atoms with Gasteiger partial charge in [0.2, 0.25) is 5.78 Å². The van der Waals surface area contributed by atoms with Crippen molar-refractivity contribution in [3.63, 3.8) is 0 Å². The molecule has 0 N–H and O–H groups in total. The molecule has 4 nitrogen and oxygen atoms in total. The molecule has 0 atom stereocenters. The molecular formula is C12H12Cl2N2O2S. The van der Waals surface area contributed by atoms with Crippen molar-refractivity contribution in [2.75, 3.05) is 7.11 Å². The van der Waals surface area contributed by atoms with Crippen LogP contribution in [0.25, 0.3) is 0 Å². The summed E-state index contributed by atoms with van der Waals surface area (Å²) in [7, 11) is 1.50. The molecule has 0 spiro atoms. The standard InChI is InChI=1S/C12H12Cl2N2O2S/c1-6(2)16-10(8(18-3)5-15-16)11(17)7-4-9(13)19-12(7)14/h4-6H,1-3H3. The molecule has 2 aromatic heterocycles. The van der Waals surface area contributed by atoms with Gasteiger partial charge in [0, 0.05) is 6.04 Å². The van der Waals surface area contributed by atoms with E-state index in [-0.39, 0.29) is 11.8 Å². The van der Waals surface area contributed by atoms with Crippen molar-refractivity contribution in [1.82, 2.24) is 9.78 Å². The Kier molecular flexibility index (Phi) is 4.18. The van der Waals surface area contributed by atoms with E-state index in [0.29, 0.717) is 25.7 Å². The maximum Gasteiger partial charge on any atom is 0.217 e. The molecule has 7 heteroatoms. The fourth-order valence-electron chi connectivity index (χ4n) is 1.73. The number of aromatic nitrogens is 2. The second-order valence-corrected chi connectivity index (χ2v) is 6.45. The summed E-state index contributed by atoms with van der Waals surface area (Å²) in [6.07, 6.45) is 1.52. The number of nitrogens with zero attached hydrogens (tertiary/aromatic N) is 2. The molecule has 2 heterocycles. The summed E-state index contributed by atoms with van der Waals surface area (Å²) >= 11 is 13.1. The lowest BCUT2D eigenvalue weighted by molar-refractivity contribution is 0.102. The minimum atomic E-state index is -0.240. The van der Waals surface area contributed by atoms with Gasteiger partial charge in [0.1, 0.15) is 4.34 Å². The lowest BCUT2D eigenvalue weighted by atomic mass is 10.1. The van der Waals surface area contributed by atoms with Gasteiger partial charge < -0.3 is 4.74 Å². The number of carbonyl (C=O) groups excluding carboxylic acids is 1. The number of carbonyl (C=O) groups is 1. The highest BCUT2D eigenvalue weighted by Crippen LogP contribution is 2.34. The van der Waals surface area contributed by atoms with Crippen LogP contribution in [-0.2, 0) is 0 Å². The van der Waals surface area contributed by atoms with Crippen molar-refractivity contribution >= 4 is 40.3 Å². The first-order valence-electron chi connectivity index (χ1n) is 5.56. The van der Waals surface area contributed by atoms with Crippen LogP contribution in [0.15, 0.2) is 12.3 Å². The number of halogens is 2. The highest BCUT2D eigenvalue weighted by atomic mass is 35.5. The summed E-state index contributed by atoms with van der Waals surface area (Å²) < 4.78 is 7.65. The first-order chi connectivity index (χ1) is 8.95. The minimum absolute atomic E-state index is 0.0377. The maximum absolute atomic E-state index is 12.6. The third-order valence-corrected chi connectivity index (χ3v) is 4.07. The van der Waals surface area contributed by atoms with Crippen LogP contribution in [0.4, 0.5) is 0 Å². The lowest BCUT2D eigenvalue weighted by Gasteiger charge is -2.10. The molecule has 0 bridgehead atoms. The average molecular weight is 319 g/mol. The molecule has 102 valence electrons. The molecule has 0 saturated carbocycles. The van der Waals surface area contributed by atoms with Crippen LogP contribution in [0.3, 0.4) is 0 Å². The topological polar surface area (TPSA) is 44.1 Å². The molecule has 0 aliphatic rings. The molecule has 0 unspecified atom stereocenters. The van der Waals surface area contributed by atoms with Crippen LogP contribution in [0.1, 0.15) is 35.9 Å². The second-order valence-electron chi connectivity index (χ2n) is 4.17. The van der Waals surface area contributed by atoms with Crippen LogP contribution in [0.2, 0.25) is 8.67 Å². The minimum Gasteiger partial charge on any atom is -0.493 e. The Bertz CT molecular complexity index is 619. The first-order valence-corrected chi connectivity index (χ1v) is 7.14. The highest BCUT2D eigenvalue weighted by Gasteiger charge is 2.25. The summed E-state index contributed by atoms with van der Waals surface area (Å²) in [5.74, 6) is 0.188. The van der Waals surface area contributed by atoms with Crippen molar-refractivity contribution < 1.29 is 9.53 Å². The average Bonchev–Trinajstić information content (AvgIpc) is 2.91. The van der Waals surface area contributed by atoms with Crippen molar-refractivity contribution in [1.29, 1.82) is 0 Å². The van der Waals surface area contributed by atoms with E-state index < -0.39 is 0 Å². The van der Waals surface area contributed by atoms with Gasteiger partial charge >= 0.3 is 0 Å². The largest absolute Gasteiger partial charge is 0.493 e. The Labute approximate surface area is 124 Å². The molecule has 0 aliphatic heterocycles. The Balaban J connectivity index is 2.54. The molecule has 0 aliphatic carbocycles. The Morgan fingerprint density at radius 1 is 1.47 bits per heavy atom. The van der Waals surface area contributed by atoms with Crippen LogP contribution < -0.4 is 4.74 Å². The predicted octanol–water partition coefficient (Wildman–Crippen LogP) is 4.07. The SMILES string of the molecule is COc1cnn(C(C)C)c1C(=O)c1cc(Cl)sc1Cl. The summed E-state index contributed by atoms with van der Waals surface area (Å²) in [5, 5.41) is 4.17. The normalized spacial score (nSPS) is 11.1. The molecule has 0 radical (unpaired) electrons. The van der Waals surface area contributed by atoms with Crippen molar-refractivity contribution in [3.05, 3.63) is 32.2 Å². The lowest BCUT2D eigenvalue weighted by Crippen LogP contribution is -2.14. The quantitative estimate of drug-likeness (QED) is 0.798. The van der Waals surface area contributed by atoms with Gasteiger partial charge in [-0.3, -0.25) is 9.48 Å². The molecule has 0 saturated heterocycles. The van der Waals surface area contributed by atoms with Gasteiger partial charge in [-0.25, -0.2) is 0 Å². The maximum atomic E-state index is 12.6. The van der Waals surface area contributed by atoms with Crippen molar-refractivity contribution in [2.45, 2.75) is 19.9 Å². The van der Waals surface area contributed by atoms with E-state index in [0.717, 1.165) is 11.3 Å². The van der Waals surface area contributed by atoms with E-state index in [2.05, 4.69) is 5.10 Å². The van der Waals surface area contributed by atoms with Gasteiger partial charge in [0.25, 0.3) is 0 Å². The summed E-state index contributed by atoms with van der Waals surface area (Å²) in [6, 6.07) is 1.60. The van der Waals surface area contributed by atoms with E-state index >= 15 is 0 Å². The molecule has 0 fully saturated rings. The van der Waals surface area contributed by atoms with Gasteiger partial charge in [0.15, 0.2) is 11.4 Å².